The van der Waals surface area contributed by atoms with Gasteiger partial charge in [0.1, 0.15) is 0 Å². The Morgan fingerprint density at radius 1 is 0.833 bits per heavy atom. The van der Waals surface area contributed by atoms with E-state index in [-0.39, 0.29) is 5.92 Å². The van der Waals surface area contributed by atoms with Gasteiger partial charge in [-0.2, -0.15) is 0 Å². The molecular weight excluding hydrogens is 312 g/mol. The third kappa shape index (κ3) is 11.6. The first-order valence-electron chi connectivity index (χ1n) is 10.0. The Bertz CT molecular complexity index is 353. The van der Waals surface area contributed by atoms with Crippen molar-refractivity contribution >= 4 is 16.9 Å². The number of hydrogen-bond acceptors (Lipinski definition) is 2. The summed E-state index contributed by atoms with van der Waals surface area (Å²) in [6.45, 7) is 22.8. The van der Waals surface area contributed by atoms with E-state index in [4.69, 9.17) is 0 Å². The summed E-state index contributed by atoms with van der Waals surface area (Å²) < 4.78 is 0. The molecule has 0 amide bonds. The minimum absolute atomic E-state index is 0.220. The van der Waals surface area contributed by atoms with Crippen LogP contribution in [0.5, 0.6) is 0 Å². The third-order valence-electron chi connectivity index (χ3n) is 4.57. The van der Waals surface area contributed by atoms with Crippen LogP contribution in [0.4, 0.5) is 0 Å². The first-order chi connectivity index (χ1) is 10.8. The fourth-order valence-electron chi connectivity index (χ4n) is 4.01. The average Bonchev–Trinajstić information content (AvgIpc) is 2.31. The lowest BCUT2D eigenvalue weighted by Gasteiger charge is -2.28. The molecule has 0 bridgehead atoms. The molecule has 2 heteroatoms. The SMILES string of the molecule is CC(C)CC(C)C(CC(C)C)C(=O)SC(C)CC(C)CC(C)(C)C. The van der Waals surface area contributed by atoms with E-state index in [1.807, 2.05) is 0 Å². The van der Waals surface area contributed by atoms with Gasteiger partial charge in [0.05, 0.1) is 0 Å². The van der Waals surface area contributed by atoms with Crippen LogP contribution in [0.1, 0.15) is 94.9 Å². The zero-order chi connectivity index (χ0) is 19.1. The zero-order valence-corrected chi connectivity index (χ0v) is 18.9. The fourth-order valence-corrected chi connectivity index (χ4v) is 5.33. The largest absolute Gasteiger partial charge is 0.287 e. The quantitative estimate of drug-likeness (QED) is 0.404. The summed E-state index contributed by atoms with van der Waals surface area (Å²) in [4.78, 5) is 12.9. The van der Waals surface area contributed by atoms with E-state index >= 15 is 0 Å². The van der Waals surface area contributed by atoms with Gasteiger partial charge < -0.3 is 0 Å². The van der Waals surface area contributed by atoms with Crippen molar-refractivity contribution in [3.63, 3.8) is 0 Å². The van der Waals surface area contributed by atoms with Gasteiger partial charge >= 0.3 is 0 Å². The van der Waals surface area contributed by atoms with Crippen molar-refractivity contribution < 1.29 is 4.79 Å². The van der Waals surface area contributed by atoms with Gasteiger partial charge in [-0.05, 0) is 54.8 Å². The van der Waals surface area contributed by atoms with Gasteiger partial charge in [0.25, 0.3) is 0 Å². The highest BCUT2D eigenvalue weighted by Crippen LogP contribution is 2.34. The number of carbonyl (C=O) groups is 1. The van der Waals surface area contributed by atoms with Gasteiger partial charge in [-0.3, -0.25) is 4.79 Å². The molecule has 0 heterocycles. The van der Waals surface area contributed by atoms with E-state index in [0.717, 1.165) is 19.3 Å². The second kappa shape index (κ2) is 10.9. The summed E-state index contributed by atoms with van der Waals surface area (Å²) in [5.41, 5.74) is 0.375. The van der Waals surface area contributed by atoms with E-state index in [0.29, 0.717) is 39.5 Å². The predicted molar refractivity (Wildman–Crippen MR) is 111 cm³/mol. The fraction of sp³-hybridized carbons (Fsp3) is 0.955. The van der Waals surface area contributed by atoms with Gasteiger partial charge in [0, 0.05) is 11.2 Å². The minimum Gasteiger partial charge on any atom is -0.287 e. The van der Waals surface area contributed by atoms with Crippen LogP contribution in [0.2, 0.25) is 0 Å². The number of rotatable bonds is 10. The maximum atomic E-state index is 12.9. The van der Waals surface area contributed by atoms with Crippen molar-refractivity contribution in [1.29, 1.82) is 0 Å². The molecule has 0 aliphatic heterocycles. The van der Waals surface area contributed by atoms with E-state index in [2.05, 4.69) is 69.2 Å². The molecule has 0 aromatic carbocycles. The molecule has 0 rings (SSSR count). The summed E-state index contributed by atoms with van der Waals surface area (Å²) in [5.74, 6) is 2.64. The molecule has 144 valence electrons. The minimum atomic E-state index is 0.220. The van der Waals surface area contributed by atoms with Crippen molar-refractivity contribution in [2.24, 2.45) is 35.0 Å². The predicted octanol–water partition coefficient (Wildman–Crippen LogP) is 7.44. The molecule has 4 unspecified atom stereocenters. The van der Waals surface area contributed by atoms with Crippen LogP contribution < -0.4 is 0 Å². The molecule has 0 aliphatic rings. The van der Waals surface area contributed by atoms with Crippen LogP contribution in [0.25, 0.3) is 0 Å². The van der Waals surface area contributed by atoms with Crippen molar-refractivity contribution in [1.82, 2.24) is 0 Å². The molecule has 0 aliphatic carbocycles. The lowest BCUT2D eigenvalue weighted by Crippen LogP contribution is -2.25. The van der Waals surface area contributed by atoms with E-state index in [1.165, 1.54) is 6.42 Å². The van der Waals surface area contributed by atoms with Crippen LogP contribution in [0.15, 0.2) is 0 Å². The second-order valence-electron chi connectivity index (χ2n) is 10.2. The molecule has 0 saturated carbocycles. The molecule has 24 heavy (non-hydrogen) atoms. The molecule has 0 aromatic rings. The van der Waals surface area contributed by atoms with Crippen molar-refractivity contribution in [2.75, 3.05) is 0 Å². The maximum Gasteiger partial charge on any atom is 0.192 e. The summed E-state index contributed by atoms with van der Waals surface area (Å²) in [6.07, 6.45) is 4.55. The average molecular weight is 357 g/mol. The van der Waals surface area contributed by atoms with Gasteiger partial charge in [-0.15, -0.1) is 0 Å². The highest BCUT2D eigenvalue weighted by molar-refractivity contribution is 8.14. The lowest BCUT2D eigenvalue weighted by molar-refractivity contribution is -0.116. The normalized spacial score (nSPS) is 17.8. The summed E-state index contributed by atoms with van der Waals surface area (Å²) in [7, 11) is 0. The van der Waals surface area contributed by atoms with Crippen molar-refractivity contribution in [3.05, 3.63) is 0 Å². The summed E-state index contributed by atoms with van der Waals surface area (Å²) >= 11 is 1.62. The van der Waals surface area contributed by atoms with E-state index in [1.54, 1.807) is 11.8 Å². The monoisotopic (exact) mass is 356 g/mol. The molecule has 0 radical (unpaired) electrons. The molecule has 0 saturated heterocycles. The molecule has 4 atom stereocenters. The van der Waals surface area contributed by atoms with Crippen molar-refractivity contribution in [2.45, 2.75) is 100 Å². The van der Waals surface area contributed by atoms with Crippen LogP contribution >= 0.6 is 11.8 Å². The second-order valence-corrected chi connectivity index (χ2v) is 11.6. The van der Waals surface area contributed by atoms with E-state index < -0.39 is 0 Å². The molecule has 1 nitrogen and oxygen atoms in total. The molecule has 0 N–H and O–H groups in total. The highest BCUT2D eigenvalue weighted by Gasteiger charge is 2.28. The lowest BCUT2D eigenvalue weighted by atomic mass is 9.83. The number of thioether (sulfide) groups is 1. The van der Waals surface area contributed by atoms with Crippen LogP contribution in [0.3, 0.4) is 0 Å². The molecule has 0 fully saturated rings. The Morgan fingerprint density at radius 3 is 1.75 bits per heavy atom. The highest BCUT2D eigenvalue weighted by atomic mass is 32.2. The van der Waals surface area contributed by atoms with Gasteiger partial charge in [0.2, 0.25) is 0 Å². The third-order valence-corrected chi connectivity index (χ3v) is 5.70. The molecule has 0 spiro atoms. The Kier molecular flexibility index (Phi) is 10.9. The van der Waals surface area contributed by atoms with Gasteiger partial charge in [-0.1, -0.05) is 81.0 Å². The van der Waals surface area contributed by atoms with Gasteiger partial charge in [-0.25, -0.2) is 0 Å². The molecule has 0 aromatic heterocycles. The van der Waals surface area contributed by atoms with E-state index in [9.17, 15) is 4.79 Å². The summed E-state index contributed by atoms with van der Waals surface area (Å²) in [6, 6.07) is 0. The first-order valence-corrected chi connectivity index (χ1v) is 10.9. The number of hydrogen-bond donors (Lipinski definition) is 0. The Labute approximate surface area is 157 Å². The van der Waals surface area contributed by atoms with Crippen LogP contribution in [-0.2, 0) is 4.79 Å². The Morgan fingerprint density at radius 2 is 1.33 bits per heavy atom. The first kappa shape index (κ1) is 24.0. The van der Waals surface area contributed by atoms with Gasteiger partial charge in [0.15, 0.2) is 5.12 Å². The molecular formula is C22H44OS. The number of carbonyl (C=O) groups excluding carboxylic acids is 1. The van der Waals surface area contributed by atoms with Crippen LogP contribution in [-0.4, -0.2) is 10.4 Å². The Hall–Kier alpha value is 0.0200. The van der Waals surface area contributed by atoms with Crippen molar-refractivity contribution in [3.8, 4) is 0 Å². The topological polar surface area (TPSA) is 17.1 Å². The zero-order valence-electron chi connectivity index (χ0n) is 18.1. The Balaban J connectivity index is 4.68. The smallest absolute Gasteiger partial charge is 0.192 e. The maximum absolute atomic E-state index is 12.9. The standard InChI is InChI=1S/C22H44OS/c1-15(2)11-18(6)20(12-16(3)4)21(23)24-19(7)13-17(5)14-22(8,9)10/h15-20H,11-14H2,1-10H3. The van der Waals surface area contributed by atoms with Crippen LogP contribution in [0, 0.1) is 35.0 Å². The summed E-state index contributed by atoms with van der Waals surface area (Å²) in [5, 5.41) is 0.864.